The minimum Gasteiger partial charge on any atom is -0.491 e. The monoisotopic (exact) mass is 276 g/mol. The first kappa shape index (κ1) is 15.8. The largest absolute Gasteiger partial charge is 0.491 e. The predicted octanol–water partition coefficient (Wildman–Crippen LogP) is 3.94. The van der Waals surface area contributed by atoms with E-state index < -0.39 is 12.8 Å². The Morgan fingerprint density at radius 3 is 2.21 bits per heavy atom. The Balaban J connectivity index is 2.46. The molecule has 0 fully saturated rings. The van der Waals surface area contributed by atoms with E-state index in [-0.39, 0.29) is 18.6 Å². The molecule has 108 valence electrons. The van der Waals surface area contributed by atoms with Gasteiger partial charge in [-0.15, -0.1) is 0 Å². The highest BCUT2D eigenvalue weighted by Crippen LogP contribution is 2.30. The summed E-state index contributed by atoms with van der Waals surface area (Å²) in [5.41, 5.74) is 0.939. The van der Waals surface area contributed by atoms with Gasteiger partial charge in [0, 0.05) is 0 Å². The fourth-order valence-corrected chi connectivity index (χ4v) is 1.61. The Hall–Kier alpha value is -1.23. The maximum Gasteiger partial charge on any atom is 0.411 e. The summed E-state index contributed by atoms with van der Waals surface area (Å²) in [6.45, 7) is 4.93. The molecule has 0 N–H and O–H groups in total. The van der Waals surface area contributed by atoms with Crippen LogP contribution in [0.3, 0.4) is 0 Å². The normalized spacial score (nSPS) is 12.5. The third-order valence-corrected chi connectivity index (χ3v) is 2.45. The van der Waals surface area contributed by atoms with Crippen molar-refractivity contribution in [3.8, 4) is 5.75 Å². The first-order chi connectivity index (χ1) is 8.70. The van der Waals surface area contributed by atoms with Crippen molar-refractivity contribution in [1.82, 2.24) is 0 Å². The van der Waals surface area contributed by atoms with E-state index >= 15 is 0 Å². The summed E-state index contributed by atoms with van der Waals surface area (Å²) in [6, 6.07) is 7.50. The number of hydrogen-bond acceptors (Lipinski definition) is 2. The van der Waals surface area contributed by atoms with Gasteiger partial charge >= 0.3 is 6.18 Å². The number of benzene rings is 1. The average molecular weight is 276 g/mol. The Morgan fingerprint density at radius 2 is 1.63 bits per heavy atom. The van der Waals surface area contributed by atoms with E-state index in [0.29, 0.717) is 5.75 Å². The summed E-state index contributed by atoms with van der Waals surface area (Å²) < 4.78 is 45.6. The zero-order valence-electron chi connectivity index (χ0n) is 11.4. The van der Waals surface area contributed by atoms with Gasteiger partial charge in [0.1, 0.15) is 19.0 Å². The van der Waals surface area contributed by atoms with Crippen LogP contribution in [0.5, 0.6) is 5.75 Å². The molecule has 0 aromatic heterocycles. The van der Waals surface area contributed by atoms with E-state index in [1.165, 1.54) is 0 Å². The van der Waals surface area contributed by atoms with Crippen molar-refractivity contribution in [2.75, 3.05) is 19.8 Å². The molecule has 0 bridgehead atoms. The minimum absolute atomic E-state index is 0.0799. The van der Waals surface area contributed by atoms with E-state index in [4.69, 9.17) is 4.74 Å². The van der Waals surface area contributed by atoms with E-state index in [1.54, 1.807) is 0 Å². The molecule has 0 aliphatic carbocycles. The fourth-order valence-electron chi connectivity index (χ4n) is 1.61. The van der Waals surface area contributed by atoms with Crippen molar-refractivity contribution in [2.45, 2.75) is 32.4 Å². The maximum absolute atomic E-state index is 11.9. The van der Waals surface area contributed by atoms with Crippen molar-refractivity contribution in [1.29, 1.82) is 0 Å². The second-order valence-corrected chi connectivity index (χ2v) is 5.26. The summed E-state index contributed by atoms with van der Waals surface area (Å²) in [4.78, 5) is 0. The van der Waals surface area contributed by atoms with Crippen LogP contribution in [0.4, 0.5) is 13.2 Å². The SMILES string of the molecule is CC(C)(C)c1ccccc1OCCOCC(F)(F)F. The van der Waals surface area contributed by atoms with E-state index in [1.807, 2.05) is 24.3 Å². The van der Waals surface area contributed by atoms with Crippen molar-refractivity contribution in [3.05, 3.63) is 29.8 Å². The summed E-state index contributed by atoms with van der Waals surface area (Å²) in [7, 11) is 0. The zero-order chi connectivity index (χ0) is 14.5. The Kier molecular flexibility index (Phi) is 5.23. The lowest BCUT2D eigenvalue weighted by atomic mass is 9.86. The second kappa shape index (κ2) is 6.28. The van der Waals surface area contributed by atoms with Crippen LogP contribution in [0.15, 0.2) is 24.3 Å². The Labute approximate surface area is 111 Å². The number of para-hydroxylation sites is 1. The smallest absolute Gasteiger partial charge is 0.411 e. The average Bonchev–Trinajstić information content (AvgIpc) is 2.26. The van der Waals surface area contributed by atoms with Crippen LogP contribution in [0.2, 0.25) is 0 Å². The molecule has 1 aromatic rings. The van der Waals surface area contributed by atoms with Crippen LogP contribution in [0.25, 0.3) is 0 Å². The Bertz CT molecular complexity index is 394. The molecule has 1 aromatic carbocycles. The van der Waals surface area contributed by atoms with Crippen molar-refractivity contribution in [2.24, 2.45) is 0 Å². The number of halogens is 3. The van der Waals surface area contributed by atoms with Gasteiger partial charge in [0.05, 0.1) is 6.61 Å². The lowest BCUT2D eigenvalue weighted by molar-refractivity contribution is -0.175. The van der Waals surface area contributed by atoms with Gasteiger partial charge in [-0.3, -0.25) is 0 Å². The second-order valence-electron chi connectivity index (χ2n) is 5.26. The van der Waals surface area contributed by atoms with Crippen LogP contribution in [0, 0.1) is 0 Å². The van der Waals surface area contributed by atoms with Crippen LogP contribution >= 0.6 is 0 Å². The first-order valence-corrected chi connectivity index (χ1v) is 6.07. The third-order valence-electron chi connectivity index (χ3n) is 2.45. The van der Waals surface area contributed by atoms with Crippen molar-refractivity contribution < 1.29 is 22.6 Å². The number of hydrogen-bond donors (Lipinski definition) is 0. The first-order valence-electron chi connectivity index (χ1n) is 6.07. The van der Waals surface area contributed by atoms with Crippen molar-refractivity contribution in [3.63, 3.8) is 0 Å². The maximum atomic E-state index is 11.9. The van der Waals surface area contributed by atoms with Gasteiger partial charge in [0.15, 0.2) is 0 Å². The summed E-state index contributed by atoms with van der Waals surface area (Å²) in [5.74, 6) is 0.686. The van der Waals surface area contributed by atoms with E-state index in [9.17, 15) is 13.2 Å². The molecular formula is C14H19F3O2. The molecule has 19 heavy (non-hydrogen) atoms. The molecule has 0 saturated heterocycles. The van der Waals surface area contributed by atoms with Crippen LogP contribution in [0.1, 0.15) is 26.3 Å². The summed E-state index contributed by atoms with van der Waals surface area (Å²) in [6.07, 6.45) is -4.29. The minimum atomic E-state index is -4.29. The summed E-state index contributed by atoms with van der Waals surface area (Å²) in [5, 5.41) is 0. The third kappa shape index (κ3) is 5.96. The van der Waals surface area contributed by atoms with Crippen LogP contribution in [-0.4, -0.2) is 26.0 Å². The molecule has 1 rings (SSSR count). The van der Waals surface area contributed by atoms with Gasteiger partial charge in [0.25, 0.3) is 0 Å². The number of rotatable bonds is 5. The van der Waals surface area contributed by atoms with Gasteiger partial charge in [0.2, 0.25) is 0 Å². The number of ether oxygens (including phenoxy) is 2. The van der Waals surface area contributed by atoms with Crippen molar-refractivity contribution >= 4 is 0 Å². The molecule has 2 nitrogen and oxygen atoms in total. The molecule has 0 radical (unpaired) electrons. The van der Waals surface area contributed by atoms with E-state index in [2.05, 4.69) is 25.5 Å². The van der Waals surface area contributed by atoms with E-state index in [0.717, 1.165) is 5.56 Å². The highest BCUT2D eigenvalue weighted by Gasteiger charge is 2.27. The quantitative estimate of drug-likeness (QED) is 0.758. The van der Waals surface area contributed by atoms with Gasteiger partial charge in [-0.25, -0.2) is 0 Å². The molecule has 0 aliphatic heterocycles. The molecule has 0 spiro atoms. The highest BCUT2D eigenvalue weighted by molar-refractivity contribution is 5.38. The number of alkyl halides is 3. The fraction of sp³-hybridized carbons (Fsp3) is 0.571. The molecule has 0 saturated carbocycles. The molecule has 0 atom stereocenters. The van der Waals surface area contributed by atoms with Gasteiger partial charge < -0.3 is 9.47 Å². The van der Waals surface area contributed by atoms with Crippen LogP contribution in [-0.2, 0) is 10.2 Å². The lowest BCUT2D eigenvalue weighted by Crippen LogP contribution is -2.20. The molecule has 0 heterocycles. The summed E-state index contributed by atoms with van der Waals surface area (Å²) >= 11 is 0. The van der Waals surface area contributed by atoms with Gasteiger partial charge in [-0.2, -0.15) is 13.2 Å². The molecule has 0 unspecified atom stereocenters. The zero-order valence-corrected chi connectivity index (χ0v) is 11.4. The Morgan fingerprint density at radius 1 is 1.00 bits per heavy atom. The van der Waals surface area contributed by atoms with Gasteiger partial charge in [-0.05, 0) is 17.0 Å². The molecule has 5 heteroatoms. The molecule has 0 amide bonds. The highest BCUT2D eigenvalue weighted by atomic mass is 19.4. The lowest BCUT2D eigenvalue weighted by Gasteiger charge is -2.22. The predicted molar refractivity (Wildman–Crippen MR) is 67.5 cm³/mol. The topological polar surface area (TPSA) is 18.5 Å². The van der Waals surface area contributed by atoms with Gasteiger partial charge in [-0.1, -0.05) is 39.0 Å². The molecule has 0 aliphatic rings. The van der Waals surface area contributed by atoms with Crippen LogP contribution < -0.4 is 4.74 Å². The standard InChI is InChI=1S/C14H19F3O2/c1-13(2,3)11-6-4-5-7-12(11)19-9-8-18-10-14(15,16)17/h4-7H,8-10H2,1-3H3. The molecular weight excluding hydrogens is 257 g/mol.